The molecule has 2 aromatic heterocycles. The van der Waals surface area contributed by atoms with Gasteiger partial charge < -0.3 is 4.90 Å². The second-order valence-corrected chi connectivity index (χ2v) is 8.48. The van der Waals surface area contributed by atoms with E-state index in [1.807, 2.05) is 23.5 Å². The Labute approximate surface area is 172 Å². The predicted octanol–water partition coefficient (Wildman–Crippen LogP) is 3.02. The molecule has 2 aromatic rings. The van der Waals surface area contributed by atoms with Crippen LogP contribution in [0.2, 0.25) is 0 Å². The molecular formula is C22H30N6O. The highest BCUT2D eigenvalue weighted by Crippen LogP contribution is 2.31. The molecule has 7 nitrogen and oxygen atoms in total. The lowest BCUT2D eigenvalue weighted by Gasteiger charge is -2.35. The molecule has 0 bridgehead atoms. The Kier molecular flexibility index (Phi) is 5.85. The molecular weight excluding hydrogens is 364 g/mol. The maximum absolute atomic E-state index is 11.7. The minimum Gasteiger partial charge on any atom is -0.338 e. The van der Waals surface area contributed by atoms with Crippen LogP contribution in [0.4, 0.5) is 0 Å². The summed E-state index contributed by atoms with van der Waals surface area (Å²) in [5.74, 6) is 2.26. The summed E-state index contributed by atoms with van der Waals surface area (Å²) in [6, 6.07) is 0.227. The molecule has 0 aliphatic carbocycles. The van der Waals surface area contributed by atoms with Gasteiger partial charge in [0, 0.05) is 68.6 Å². The fourth-order valence-corrected chi connectivity index (χ4v) is 4.21. The largest absolute Gasteiger partial charge is 0.338 e. The lowest BCUT2D eigenvalue weighted by molar-refractivity contribution is -0.129. The van der Waals surface area contributed by atoms with Gasteiger partial charge in [0.25, 0.3) is 0 Å². The van der Waals surface area contributed by atoms with E-state index in [1.54, 1.807) is 6.92 Å². The Morgan fingerprint density at radius 2 is 1.93 bits per heavy atom. The number of hydrogen-bond acceptors (Lipinski definition) is 6. The smallest absolute Gasteiger partial charge is 0.219 e. The third kappa shape index (κ3) is 4.45. The molecule has 0 unspecified atom stereocenters. The maximum Gasteiger partial charge on any atom is 0.219 e. The number of fused-ring (bicyclic) bond motifs is 1. The van der Waals surface area contributed by atoms with Crippen molar-refractivity contribution in [2.45, 2.75) is 71.5 Å². The first-order valence-electron chi connectivity index (χ1n) is 10.7. The Balaban J connectivity index is 1.51. The van der Waals surface area contributed by atoms with E-state index < -0.39 is 0 Å². The highest BCUT2D eigenvalue weighted by Gasteiger charge is 2.28. The van der Waals surface area contributed by atoms with Gasteiger partial charge in [-0.05, 0) is 19.4 Å². The fraction of sp³-hybridized carbons (Fsp3) is 0.591. The van der Waals surface area contributed by atoms with Gasteiger partial charge in [0.2, 0.25) is 5.91 Å². The summed E-state index contributed by atoms with van der Waals surface area (Å²) in [7, 11) is 0. The summed E-state index contributed by atoms with van der Waals surface area (Å²) in [5, 5.41) is 0. The highest BCUT2D eigenvalue weighted by atomic mass is 16.2. The van der Waals surface area contributed by atoms with E-state index in [2.05, 4.69) is 28.7 Å². The number of hydrogen-bond donors (Lipinski definition) is 0. The van der Waals surface area contributed by atoms with Crippen molar-refractivity contribution in [2.24, 2.45) is 0 Å². The topological polar surface area (TPSA) is 75.1 Å². The molecule has 2 aliphatic heterocycles. The monoisotopic (exact) mass is 394 g/mol. The van der Waals surface area contributed by atoms with Crippen LogP contribution in [-0.2, 0) is 24.3 Å². The average Bonchev–Trinajstić information content (AvgIpc) is 2.73. The Morgan fingerprint density at radius 1 is 1.14 bits per heavy atom. The molecule has 0 radical (unpaired) electrons. The van der Waals surface area contributed by atoms with Crippen LogP contribution in [0, 0.1) is 0 Å². The molecule has 7 heteroatoms. The minimum absolute atomic E-state index is 0.115. The quantitative estimate of drug-likeness (QED) is 0.793. The predicted molar refractivity (Wildman–Crippen MR) is 110 cm³/mol. The summed E-state index contributed by atoms with van der Waals surface area (Å²) < 4.78 is 0. The second kappa shape index (κ2) is 8.53. The van der Waals surface area contributed by atoms with Crippen LogP contribution in [0.15, 0.2) is 18.6 Å². The first-order chi connectivity index (χ1) is 14.0. The molecule has 1 saturated heterocycles. The second-order valence-electron chi connectivity index (χ2n) is 8.48. The van der Waals surface area contributed by atoms with E-state index >= 15 is 0 Å². The molecule has 0 aromatic carbocycles. The molecule has 1 amide bonds. The lowest BCUT2D eigenvalue weighted by Crippen LogP contribution is -2.37. The fourth-order valence-electron chi connectivity index (χ4n) is 4.21. The molecule has 4 heterocycles. The van der Waals surface area contributed by atoms with Crippen LogP contribution < -0.4 is 0 Å². The standard InChI is InChI=1S/C22H30N6O/c1-15(2)21-23-10-17(11-24-21)13-28-8-5-4-6-20(28)22-25-12-18-14-27(16(3)29)9-7-19(18)26-22/h10-12,15,20H,4-9,13-14H2,1-3H3/t20-/m0/s1. The number of rotatable bonds is 4. The van der Waals surface area contributed by atoms with E-state index in [1.165, 1.54) is 12.8 Å². The van der Waals surface area contributed by atoms with Gasteiger partial charge in [-0.1, -0.05) is 20.3 Å². The van der Waals surface area contributed by atoms with Crippen molar-refractivity contribution < 1.29 is 4.79 Å². The van der Waals surface area contributed by atoms with Crippen LogP contribution in [0.3, 0.4) is 0 Å². The third-order valence-corrected chi connectivity index (χ3v) is 5.94. The van der Waals surface area contributed by atoms with E-state index in [-0.39, 0.29) is 11.9 Å². The number of likely N-dealkylation sites (tertiary alicyclic amines) is 1. The SMILES string of the molecule is CC(=O)N1CCc2nc([C@@H]3CCCCN3Cc3cnc(C(C)C)nc3)ncc2C1. The number of carbonyl (C=O) groups excluding carboxylic acids is 1. The average molecular weight is 395 g/mol. The number of aromatic nitrogens is 4. The molecule has 1 fully saturated rings. The zero-order chi connectivity index (χ0) is 20.4. The van der Waals surface area contributed by atoms with Gasteiger partial charge in [-0.3, -0.25) is 9.69 Å². The van der Waals surface area contributed by atoms with Crippen molar-refractivity contribution in [3.05, 3.63) is 47.1 Å². The van der Waals surface area contributed by atoms with Gasteiger partial charge in [-0.15, -0.1) is 0 Å². The van der Waals surface area contributed by atoms with E-state index in [4.69, 9.17) is 9.97 Å². The van der Waals surface area contributed by atoms with Gasteiger partial charge in [-0.2, -0.15) is 0 Å². The van der Waals surface area contributed by atoms with Gasteiger partial charge in [0.05, 0.1) is 11.7 Å². The molecule has 29 heavy (non-hydrogen) atoms. The summed E-state index contributed by atoms with van der Waals surface area (Å²) in [6.45, 7) is 9.07. The van der Waals surface area contributed by atoms with Gasteiger partial charge in [-0.25, -0.2) is 19.9 Å². The maximum atomic E-state index is 11.7. The Morgan fingerprint density at radius 3 is 2.66 bits per heavy atom. The van der Waals surface area contributed by atoms with Crippen LogP contribution in [0.25, 0.3) is 0 Å². The van der Waals surface area contributed by atoms with Crippen molar-refractivity contribution >= 4 is 5.91 Å². The molecule has 0 N–H and O–H groups in total. The van der Waals surface area contributed by atoms with Crippen molar-refractivity contribution in [2.75, 3.05) is 13.1 Å². The third-order valence-electron chi connectivity index (χ3n) is 5.94. The van der Waals surface area contributed by atoms with Crippen LogP contribution in [0.1, 0.15) is 80.5 Å². The Hall–Kier alpha value is -2.41. The summed E-state index contributed by atoms with van der Waals surface area (Å²) in [6.07, 6.45) is 10.1. The normalized spacial score (nSPS) is 20.0. The minimum atomic E-state index is 0.115. The van der Waals surface area contributed by atoms with Crippen molar-refractivity contribution in [1.82, 2.24) is 29.7 Å². The number of carbonyl (C=O) groups is 1. The summed E-state index contributed by atoms with van der Waals surface area (Å²) in [4.78, 5) is 34.7. The van der Waals surface area contributed by atoms with Gasteiger partial charge in [0.15, 0.2) is 0 Å². The number of amides is 1. The lowest BCUT2D eigenvalue weighted by atomic mass is 10.00. The molecule has 154 valence electrons. The molecule has 1 atom stereocenters. The molecule has 0 saturated carbocycles. The van der Waals surface area contributed by atoms with Crippen molar-refractivity contribution in [1.29, 1.82) is 0 Å². The van der Waals surface area contributed by atoms with E-state index in [9.17, 15) is 4.79 Å². The van der Waals surface area contributed by atoms with E-state index in [0.29, 0.717) is 12.5 Å². The van der Waals surface area contributed by atoms with Crippen molar-refractivity contribution in [3.63, 3.8) is 0 Å². The highest BCUT2D eigenvalue weighted by molar-refractivity contribution is 5.73. The van der Waals surface area contributed by atoms with Crippen LogP contribution in [-0.4, -0.2) is 48.7 Å². The van der Waals surface area contributed by atoms with Crippen LogP contribution >= 0.6 is 0 Å². The zero-order valence-electron chi connectivity index (χ0n) is 17.6. The number of piperidine rings is 1. The van der Waals surface area contributed by atoms with Crippen molar-refractivity contribution in [3.8, 4) is 0 Å². The number of nitrogens with zero attached hydrogens (tertiary/aromatic N) is 6. The molecule has 2 aliphatic rings. The van der Waals surface area contributed by atoms with Crippen LogP contribution in [0.5, 0.6) is 0 Å². The molecule has 0 spiro atoms. The summed E-state index contributed by atoms with van der Waals surface area (Å²) >= 11 is 0. The Bertz CT molecular complexity index is 866. The first-order valence-corrected chi connectivity index (χ1v) is 10.7. The summed E-state index contributed by atoms with van der Waals surface area (Å²) in [5.41, 5.74) is 3.31. The zero-order valence-corrected chi connectivity index (χ0v) is 17.6. The first kappa shape index (κ1) is 19.9. The van der Waals surface area contributed by atoms with Gasteiger partial charge in [0.1, 0.15) is 11.6 Å². The van der Waals surface area contributed by atoms with Gasteiger partial charge >= 0.3 is 0 Å². The van der Waals surface area contributed by atoms with E-state index in [0.717, 1.165) is 60.9 Å². The molecule has 4 rings (SSSR count).